The predicted molar refractivity (Wildman–Crippen MR) is 162 cm³/mol. The molecule has 45 heavy (non-hydrogen) atoms. The van der Waals surface area contributed by atoms with E-state index in [4.69, 9.17) is 18.9 Å². The number of esters is 1. The van der Waals surface area contributed by atoms with Crippen LogP contribution in [0.2, 0.25) is 0 Å². The molecule has 0 saturated carbocycles. The van der Waals surface area contributed by atoms with Crippen LogP contribution in [0.15, 0.2) is 83.1 Å². The molecule has 0 bridgehead atoms. The SMILES string of the molecule is CCOC(=O)C1=C(C)NC(=O)N[C@H]1c1ccc(OCC(=O)N/N=C\c2ccc(OCc3cccc([N+](=O)[O-])c3)cc2)c(OC)c1. The van der Waals surface area contributed by atoms with Crippen LogP contribution in [0, 0.1) is 10.1 Å². The molecule has 3 aromatic rings. The minimum Gasteiger partial charge on any atom is -0.493 e. The summed E-state index contributed by atoms with van der Waals surface area (Å²) < 4.78 is 21.9. The molecule has 0 unspecified atom stereocenters. The van der Waals surface area contributed by atoms with Crippen LogP contribution in [0.3, 0.4) is 0 Å². The first-order valence-electron chi connectivity index (χ1n) is 13.7. The van der Waals surface area contributed by atoms with E-state index in [9.17, 15) is 24.5 Å². The van der Waals surface area contributed by atoms with E-state index in [1.54, 1.807) is 68.4 Å². The van der Waals surface area contributed by atoms with Gasteiger partial charge in [-0.15, -0.1) is 0 Å². The van der Waals surface area contributed by atoms with E-state index in [1.807, 2.05) is 0 Å². The molecule has 0 saturated heterocycles. The first-order valence-corrected chi connectivity index (χ1v) is 13.7. The molecule has 0 aliphatic carbocycles. The number of nitrogens with one attached hydrogen (secondary N) is 3. The summed E-state index contributed by atoms with van der Waals surface area (Å²) in [4.78, 5) is 47.5. The molecule has 0 radical (unpaired) electrons. The fraction of sp³-hybridized carbons (Fsp3) is 0.226. The Labute approximate surface area is 258 Å². The predicted octanol–water partition coefficient (Wildman–Crippen LogP) is 3.90. The molecule has 14 heteroatoms. The number of allylic oxidation sites excluding steroid dienone is 1. The van der Waals surface area contributed by atoms with Gasteiger partial charge in [0.15, 0.2) is 18.1 Å². The molecule has 1 heterocycles. The summed E-state index contributed by atoms with van der Waals surface area (Å²) in [6, 6.07) is 16.7. The van der Waals surface area contributed by atoms with Crippen molar-refractivity contribution in [3.8, 4) is 17.2 Å². The van der Waals surface area contributed by atoms with Crippen LogP contribution in [-0.2, 0) is 20.9 Å². The summed E-state index contributed by atoms with van der Waals surface area (Å²) >= 11 is 0. The van der Waals surface area contributed by atoms with Gasteiger partial charge in [-0.2, -0.15) is 5.10 Å². The zero-order valence-electron chi connectivity index (χ0n) is 24.7. The van der Waals surface area contributed by atoms with Gasteiger partial charge in [0.1, 0.15) is 12.4 Å². The second kappa shape index (κ2) is 15.0. The Kier molecular flexibility index (Phi) is 10.7. The number of benzene rings is 3. The van der Waals surface area contributed by atoms with Crippen molar-refractivity contribution in [1.82, 2.24) is 16.1 Å². The first-order chi connectivity index (χ1) is 21.7. The van der Waals surface area contributed by atoms with Gasteiger partial charge in [0.2, 0.25) is 0 Å². The van der Waals surface area contributed by atoms with Crippen molar-refractivity contribution in [3.05, 3.63) is 105 Å². The van der Waals surface area contributed by atoms with Crippen molar-refractivity contribution in [2.24, 2.45) is 5.10 Å². The average molecular weight is 618 g/mol. The maximum Gasteiger partial charge on any atom is 0.338 e. The topological polar surface area (TPSA) is 180 Å². The average Bonchev–Trinajstić information content (AvgIpc) is 3.03. The van der Waals surface area contributed by atoms with Crippen LogP contribution < -0.4 is 30.3 Å². The van der Waals surface area contributed by atoms with E-state index in [0.717, 1.165) is 0 Å². The Morgan fingerprint density at radius 2 is 1.84 bits per heavy atom. The van der Waals surface area contributed by atoms with Crippen LogP contribution in [-0.4, -0.2) is 49.4 Å². The molecular weight excluding hydrogens is 586 g/mol. The van der Waals surface area contributed by atoms with Crippen molar-refractivity contribution in [2.45, 2.75) is 26.5 Å². The Bertz CT molecular complexity index is 1640. The van der Waals surface area contributed by atoms with Crippen LogP contribution in [0.5, 0.6) is 17.2 Å². The van der Waals surface area contributed by atoms with Crippen LogP contribution in [0.4, 0.5) is 10.5 Å². The highest BCUT2D eigenvalue weighted by Crippen LogP contribution is 2.34. The van der Waals surface area contributed by atoms with Gasteiger partial charge in [-0.25, -0.2) is 15.0 Å². The molecule has 234 valence electrons. The van der Waals surface area contributed by atoms with E-state index in [1.165, 1.54) is 25.5 Å². The molecule has 14 nitrogen and oxygen atoms in total. The summed E-state index contributed by atoms with van der Waals surface area (Å²) in [5.74, 6) is 0.0151. The molecule has 0 fully saturated rings. The Morgan fingerprint density at radius 1 is 1.07 bits per heavy atom. The molecule has 1 aliphatic heterocycles. The second-order valence-corrected chi connectivity index (χ2v) is 9.57. The van der Waals surface area contributed by atoms with E-state index >= 15 is 0 Å². The van der Waals surface area contributed by atoms with Crippen LogP contribution in [0.1, 0.15) is 36.6 Å². The monoisotopic (exact) mass is 617 g/mol. The number of urea groups is 1. The number of carbonyl (C=O) groups is 3. The number of nitro groups is 1. The number of nitrogens with zero attached hydrogens (tertiary/aromatic N) is 2. The maximum absolute atomic E-state index is 12.6. The van der Waals surface area contributed by atoms with Gasteiger partial charge in [0, 0.05) is 17.8 Å². The Balaban J connectivity index is 1.30. The quantitative estimate of drug-likeness (QED) is 0.111. The van der Waals surface area contributed by atoms with Crippen molar-refractivity contribution >= 4 is 29.8 Å². The summed E-state index contributed by atoms with van der Waals surface area (Å²) in [6.45, 7) is 3.28. The zero-order valence-corrected chi connectivity index (χ0v) is 24.7. The third kappa shape index (κ3) is 8.56. The number of hydrogen-bond donors (Lipinski definition) is 3. The second-order valence-electron chi connectivity index (χ2n) is 9.57. The van der Waals surface area contributed by atoms with E-state index in [2.05, 4.69) is 21.2 Å². The van der Waals surface area contributed by atoms with Gasteiger partial charge < -0.3 is 29.6 Å². The lowest BCUT2D eigenvalue weighted by Crippen LogP contribution is -2.45. The van der Waals surface area contributed by atoms with Gasteiger partial charge in [-0.05, 0) is 66.9 Å². The highest BCUT2D eigenvalue weighted by Gasteiger charge is 2.32. The van der Waals surface area contributed by atoms with Gasteiger partial charge >= 0.3 is 12.0 Å². The van der Waals surface area contributed by atoms with Crippen molar-refractivity contribution in [2.75, 3.05) is 20.3 Å². The number of carbonyl (C=O) groups excluding carboxylic acids is 3. The van der Waals surface area contributed by atoms with Gasteiger partial charge in [-0.1, -0.05) is 18.2 Å². The Morgan fingerprint density at radius 3 is 2.56 bits per heavy atom. The maximum atomic E-state index is 12.6. The summed E-state index contributed by atoms with van der Waals surface area (Å²) in [6.07, 6.45) is 1.45. The van der Waals surface area contributed by atoms with Crippen LogP contribution >= 0.6 is 0 Å². The van der Waals surface area contributed by atoms with E-state index in [0.29, 0.717) is 28.1 Å². The number of hydrogen-bond acceptors (Lipinski definition) is 10. The molecule has 1 aliphatic rings. The molecule has 0 aromatic heterocycles. The standard InChI is InChI=1S/C31H31N5O9/c1-4-43-30(38)28-19(2)33-31(39)34-29(28)22-10-13-25(26(15-22)42-3)45-18-27(37)35-32-16-20-8-11-24(12-9-20)44-17-21-6-5-7-23(14-21)36(40)41/h5-16,29H,4,17-18H2,1-3H3,(H,35,37)(H2,33,34,39)/b32-16-/t29-/m0/s1. The molecule has 1 atom stereocenters. The fourth-order valence-electron chi connectivity index (χ4n) is 4.34. The number of non-ortho nitro benzene ring substituents is 1. The number of rotatable bonds is 13. The highest BCUT2D eigenvalue weighted by atomic mass is 16.6. The lowest BCUT2D eigenvalue weighted by molar-refractivity contribution is -0.384. The van der Waals surface area contributed by atoms with Gasteiger partial charge in [-0.3, -0.25) is 14.9 Å². The van der Waals surface area contributed by atoms with E-state index in [-0.39, 0.29) is 42.6 Å². The molecule has 3 N–H and O–H groups in total. The van der Waals surface area contributed by atoms with Crippen LogP contribution in [0.25, 0.3) is 0 Å². The van der Waals surface area contributed by atoms with Crippen molar-refractivity contribution < 1.29 is 38.3 Å². The largest absolute Gasteiger partial charge is 0.493 e. The fourth-order valence-corrected chi connectivity index (χ4v) is 4.34. The smallest absolute Gasteiger partial charge is 0.338 e. The summed E-state index contributed by atoms with van der Waals surface area (Å²) in [5, 5.41) is 20.2. The Hall–Kier alpha value is -5.92. The summed E-state index contributed by atoms with van der Waals surface area (Å²) in [5.41, 5.74) is 4.91. The first kappa shape index (κ1) is 32.0. The number of ether oxygens (including phenoxy) is 4. The lowest BCUT2D eigenvalue weighted by atomic mass is 9.95. The number of nitro benzene ring substituents is 1. The zero-order chi connectivity index (χ0) is 32.3. The molecule has 3 aromatic carbocycles. The molecule has 0 spiro atoms. The minimum absolute atomic E-state index is 0.00490. The summed E-state index contributed by atoms with van der Waals surface area (Å²) in [7, 11) is 1.43. The highest BCUT2D eigenvalue weighted by molar-refractivity contribution is 5.95. The van der Waals surface area contributed by atoms with Gasteiger partial charge in [0.05, 0.1) is 36.5 Å². The number of methoxy groups -OCH3 is 1. The number of hydrazone groups is 1. The molecular formula is C31H31N5O9. The molecule has 3 amide bonds. The number of amides is 3. The third-order valence-electron chi connectivity index (χ3n) is 6.45. The normalized spacial score (nSPS) is 14.3. The third-order valence-corrected chi connectivity index (χ3v) is 6.45. The minimum atomic E-state index is -0.785. The lowest BCUT2D eigenvalue weighted by Gasteiger charge is -2.28. The van der Waals surface area contributed by atoms with Gasteiger partial charge in [0.25, 0.3) is 11.6 Å². The van der Waals surface area contributed by atoms with Crippen molar-refractivity contribution in [1.29, 1.82) is 0 Å². The molecule has 4 rings (SSSR count). The van der Waals surface area contributed by atoms with E-state index < -0.39 is 28.9 Å². The van der Waals surface area contributed by atoms with Crippen molar-refractivity contribution in [3.63, 3.8) is 0 Å².